The zero-order valence-corrected chi connectivity index (χ0v) is 17.6. The molecule has 0 saturated carbocycles. The summed E-state index contributed by atoms with van der Waals surface area (Å²) in [6.07, 6.45) is 1.74. The molecule has 0 radical (unpaired) electrons. The summed E-state index contributed by atoms with van der Waals surface area (Å²) in [5, 5.41) is 13.3. The van der Waals surface area contributed by atoms with E-state index in [2.05, 4.69) is 21.2 Å². The van der Waals surface area contributed by atoms with Gasteiger partial charge in [0.15, 0.2) is 11.5 Å². The molecule has 0 amide bonds. The molecule has 4 nitrogen and oxygen atoms in total. The van der Waals surface area contributed by atoms with Gasteiger partial charge in [-0.25, -0.2) is 0 Å². The third-order valence-corrected chi connectivity index (χ3v) is 5.13. The molecule has 0 bridgehead atoms. The average molecular weight is 463 g/mol. The molecule has 2 aromatic carbocycles. The minimum absolute atomic E-state index is 0.225. The summed E-state index contributed by atoms with van der Waals surface area (Å²) in [6, 6.07) is 9.16. The Labute approximate surface area is 172 Å². The van der Waals surface area contributed by atoms with Crippen LogP contribution >= 0.6 is 39.1 Å². The Bertz CT molecular complexity index is 728. The van der Waals surface area contributed by atoms with E-state index in [0.717, 1.165) is 35.0 Å². The van der Waals surface area contributed by atoms with Crippen molar-refractivity contribution in [3.63, 3.8) is 0 Å². The van der Waals surface area contributed by atoms with Gasteiger partial charge in [0, 0.05) is 33.2 Å². The molecule has 0 aliphatic rings. The molecule has 2 aromatic rings. The van der Waals surface area contributed by atoms with Crippen LogP contribution in [0.15, 0.2) is 34.8 Å². The van der Waals surface area contributed by atoms with Crippen LogP contribution in [0.1, 0.15) is 24.0 Å². The topological polar surface area (TPSA) is 50.7 Å². The van der Waals surface area contributed by atoms with Crippen LogP contribution in [0, 0.1) is 0 Å². The lowest BCUT2D eigenvalue weighted by Gasteiger charge is -2.15. The van der Waals surface area contributed by atoms with E-state index in [0.29, 0.717) is 34.7 Å². The van der Waals surface area contributed by atoms with Crippen LogP contribution in [0.3, 0.4) is 0 Å². The summed E-state index contributed by atoms with van der Waals surface area (Å²) in [4.78, 5) is 0. The van der Waals surface area contributed by atoms with Crippen molar-refractivity contribution in [2.75, 3.05) is 20.3 Å². The number of hydrogen-bond donors (Lipinski definition) is 2. The van der Waals surface area contributed by atoms with Crippen molar-refractivity contribution in [3.8, 4) is 11.5 Å². The first-order valence-corrected chi connectivity index (χ1v) is 9.84. The Hall–Kier alpha value is -0.980. The van der Waals surface area contributed by atoms with Crippen molar-refractivity contribution < 1.29 is 14.6 Å². The van der Waals surface area contributed by atoms with Gasteiger partial charge in [-0.3, -0.25) is 0 Å². The fourth-order valence-corrected chi connectivity index (χ4v) is 3.29. The Kier molecular flexibility index (Phi) is 9.02. The number of aliphatic hydroxyl groups excluding tert-OH is 1. The van der Waals surface area contributed by atoms with Crippen LogP contribution in [0.4, 0.5) is 0 Å². The third-order valence-electron chi connectivity index (χ3n) is 3.81. The van der Waals surface area contributed by atoms with Crippen molar-refractivity contribution in [3.05, 3.63) is 56.0 Å². The molecule has 2 rings (SSSR count). The number of unbranched alkanes of at least 4 members (excludes halogenated alkanes) is 1. The molecular weight excluding hydrogens is 441 g/mol. The number of ether oxygens (including phenoxy) is 2. The van der Waals surface area contributed by atoms with Gasteiger partial charge < -0.3 is 19.9 Å². The summed E-state index contributed by atoms with van der Waals surface area (Å²) >= 11 is 15.7. The van der Waals surface area contributed by atoms with Crippen LogP contribution in [0.2, 0.25) is 10.0 Å². The number of rotatable bonds is 10. The highest BCUT2D eigenvalue weighted by molar-refractivity contribution is 9.10. The highest BCUT2D eigenvalue weighted by Crippen LogP contribution is 2.34. The first-order chi connectivity index (χ1) is 12.5. The molecule has 142 valence electrons. The zero-order chi connectivity index (χ0) is 18.9. The summed E-state index contributed by atoms with van der Waals surface area (Å²) in [6.45, 7) is 2.09. The minimum atomic E-state index is 0.225. The lowest BCUT2D eigenvalue weighted by atomic mass is 10.2. The molecule has 0 aliphatic heterocycles. The fourth-order valence-electron chi connectivity index (χ4n) is 2.36. The Balaban J connectivity index is 2.03. The van der Waals surface area contributed by atoms with Crippen LogP contribution in [0.25, 0.3) is 0 Å². The van der Waals surface area contributed by atoms with Gasteiger partial charge in [-0.05, 0) is 49.2 Å². The molecule has 26 heavy (non-hydrogen) atoms. The first kappa shape index (κ1) is 21.3. The average Bonchev–Trinajstić information content (AvgIpc) is 2.62. The lowest BCUT2D eigenvalue weighted by Crippen LogP contribution is -2.15. The second-order valence-corrected chi connectivity index (χ2v) is 7.42. The quantitative estimate of drug-likeness (QED) is 0.476. The van der Waals surface area contributed by atoms with Crippen LogP contribution < -0.4 is 14.8 Å². The van der Waals surface area contributed by atoms with E-state index in [1.807, 2.05) is 18.2 Å². The van der Waals surface area contributed by atoms with E-state index in [4.69, 9.17) is 37.8 Å². The number of aliphatic hydroxyl groups is 1. The summed E-state index contributed by atoms with van der Waals surface area (Å²) in [7, 11) is 1.61. The van der Waals surface area contributed by atoms with Gasteiger partial charge in [-0.15, -0.1) is 0 Å². The highest BCUT2D eigenvalue weighted by Gasteiger charge is 2.11. The molecule has 7 heteroatoms. The van der Waals surface area contributed by atoms with Crippen molar-refractivity contribution in [2.24, 2.45) is 0 Å². The predicted octanol–water partition coefficient (Wildman–Crippen LogP) is 5.21. The number of halogens is 3. The number of benzene rings is 2. The number of nitrogens with one attached hydrogen (secondary N) is 1. The highest BCUT2D eigenvalue weighted by atomic mass is 79.9. The van der Waals surface area contributed by atoms with Gasteiger partial charge in [-0.2, -0.15) is 0 Å². The third kappa shape index (κ3) is 6.32. The van der Waals surface area contributed by atoms with E-state index >= 15 is 0 Å². The molecule has 0 unspecified atom stereocenters. The van der Waals surface area contributed by atoms with E-state index in [-0.39, 0.29) is 6.61 Å². The van der Waals surface area contributed by atoms with E-state index in [1.165, 1.54) is 0 Å². The largest absolute Gasteiger partial charge is 0.493 e. The molecule has 0 aromatic heterocycles. The smallest absolute Gasteiger partial charge is 0.162 e. The molecule has 0 atom stereocenters. The van der Waals surface area contributed by atoms with Crippen LogP contribution in [-0.4, -0.2) is 25.4 Å². The molecule has 0 aliphatic carbocycles. The Morgan fingerprint density at radius 2 is 1.88 bits per heavy atom. The summed E-state index contributed by atoms with van der Waals surface area (Å²) in [5.41, 5.74) is 1.92. The minimum Gasteiger partial charge on any atom is -0.493 e. The maximum absolute atomic E-state index is 8.81. The van der Waals surface area contributed by atoms with E-state index in [9.17, 15) is 0 Å². The Morgan fingerprint density at radius 3 is 2.58 bits per heavy atom. The second-order valence-electron chi connectivity index (χ2n) is 5.73. The first-order valence-electron chi connectivity index (χ1n) is 8.30. The number of methoxy groups -OCH3 is 1. The summed E-state index contributed by atoms with van der Waals surface area (Å²) < 4.78 is 12.3. The lowest BCUT2D eigenvalue weighted by molar-refractivity contribution is 0.283. The maximum Gasteiger partial charge on any atom is 0.162 e. The molecule has 0 spiro atoms. The normalized spacial score (nSPS) is 10.8. The second kappa shape index (κ2) is 11.0. The predicted molar refractivity (Wildman–Crippen MR) is 110 cm³/mol. The molecular formula is C19H22BrCl2NO3. The van der Waals surface area contributed by atoms with Gasteiger partial charge in [-0.1, -0.05) is 45.2 Å². The maximum atomic E-state index is 8.81. The SMILES string of the molecule is COc1cc(CNCCCCO)c(Br)cc1OCc1ccc(Cl)cc1Cl. The van der Waals surface area contributed by atoms with Gasteiger partial charge in [0.2, 0.25) is 0 Å². The van der Waals surface area contributed by atoms with Crippen molar-refractivity contribution in [1.82, 2.24) is 5.32 Å². The van der Waals surface area contributed by atoms with E-state index in [1.54, 1.807) is 19.2 Å². The fraction of sp³-hybridized carbons (Fsp3) is 0.368. The molecule has 2 N–H and O–H groups in total. The van der Waals surface area contributed by atoms with Crippen LogP contribution in [-0.2, 0) is 13.2 Å². The van der Waals surface area contributed by atoms with Crippen molar-refractivity contribution in [1.29, 1.82) is 0 Å². The zero-order valence-electron chi connectivity index (χ0n) is 14.5. The van der Waals surface area contributed by atoms with E-state index < -0.39 is 0 Å². The van der Waals surface area contributed by atoms with Crippen molar-refractivity contribution in [2.45, 2.75) is 26.0 Å². The van der Waals surface area contributed by atoms with Gasteiger partial charge in [0.05, 0.1) is 7.11 Å². The van der Waals surface area contributed by atoms with Gasteiger partial charge >= 0.3 is 0 Å². The summed E-state index contributed by atoms with van der Waals surface area (Å²) in [5.74, 6) is 1.29. The molecule has 0 saturated heterocycles. The van der Waals surface area contributed by atoms with Crippen LogP contribution in [0.5, 0.6) is 11.5 Å². The monoisotopic (exact) mass is 461 g/mol. The Morgan fingerprint density at radius 1 is 1.08 bits per heavy atom. The molecule has 0 fully saturated rings. The molecule has 0 heterocycles. The standard InChI is InChI=1S/C19H22BrCl2NO3/c1-25-18-8-14(11-23-6-2-3-7-24)16(20)10-19(18)26-12-13-4-5-15(21)9-17(13)22/h4-5,8-10,23-24H,2-3,6-7,11-12H2,1H3. The van der Waals surface area contributed by atoms with Crippen molar-refractivity contribution >= 4 is 39.1 Å². The van der Waals surface area contributed by atoms with Gasteiger partial charge in [0.1, 0.15) is 6.61 Å². The van der Waals surface area contributed by atoms with Gasteiger partial charge in [0.25, 0.3) is 0 Å². The number of hydrogen-bond acceptors (Lipinski definition) is 4.